The Morgan fingerprint density at radius 3 is 2.21 bits per heavy atom. The van der Waals surface area contributed by atoms with Crippen molar-refractivity contribution in [3.63, 3.8) is 0 Å². The lowest BCUT2D eigenvalue weighted by Gasteiger charge is -2.28. The van der Waals surface area contributed by atoms with Gasteiger partial charge < -0.3 is 21.0 Å². The van der Waals surface area contributed by atoms with Gasteiger partial charge in [0.2, 0.25) is 0 Å². The summed E-state index contributed by atoms with van der Waals surface area (Å²) >= 11 is 0. The summed E-state index contributed by atoms with van der Waals surface area (Å²) in [6.45, 7) is 25.4. The van der Waals surface area contributed by atoms with E-state index in [9.17, 15) is 4.79 Å². The van der Waals surface area contributed by atoms with Crippen LogP contribution in [0.3, 0.4) is 0 Å². The van der Waals surface area contributed by atoms with Gasteiger partial charge in [0.05, 0.1) is 6.26 Å². The molecule has 0 aromatic carbocycles. The third-order valence-corrected chi connectivity index (χ3v) is 5.08. The molecular weight excluding hydrogens is 412 g/mol. The van der Waals surface area contributed by atoms with Gasteiger partial charge in [-0.05, 0) is 45.1 Å². The minimum Gasteiger partial charge on any atom is -0.469 e. The molecule has 0 bridgehead atoms. The molecule has 178 valence electrons. The fourth-order valence-electron chi connectivity index (χ4n) is 3.56. The summed E-state index contributed by atoms with van der Waals surface area (Å²) in [5, 5.41) is 0. The number of rotatable bonds is 10. The molecule has 0 saturated carbocycles. The summed E-state index contributed by atoms with van der Waals surface area (Å²) < 4.78 is 5.80. The Hall–Kier alpha value is -3.41. The van der Waals surface area contributed by atoms with E-state index >= 15 is 0 Å². The van der Waals surface area contributed by atoms with Crippen LogP contribution in [-0.2, 0) is 14.9 Å². The molecule has 0 saturated heterocycles. The van der Waals surface area contributed by atoms with Crippen molar-refractivity contribution >= 4 is 17.7 Å². The second-order valence-corrected chi connectivity index (χ2v) is 9.63. The van der Waals surface area contributed by atoms with Gasteiger partial charge >= 0.3 is 0 Å². The fraction of sp³-hybridized carbons (Fsp3) is 0.370. The molecule has 0 fully saturated rings. The number of hydrogen-bond acceptors (Lipinski definition) is 6. The number of nitrogens with zero attached hydrogens (tertiary/aromatic N) is 2. The van der Waals surface area contributed by atoms with Gasteiger partial charge in [-0.2, -0.15) is 0 Å². The van der Waals surface area contributed by atoms with E-state index in [0.29, 0.717) is 33.9 Å². The zero-order chi connectivity index (χ0) is 25.6. The van der Waals surface area contributed by atoms with Gasteiger partial charge in [-0.1, -0.05) is 58.7 Å². The minimum absolute atomic E-state index is 0.113. The van der Waals surface area contributed by atoms with Crippen molar-refractivity contribution in [1.82, 2.24) is 9.97 Å². The summed E-state index contributed by atoms with van der Waals surface area (Å²) in [5.41, 5.74) is 15.0. The molecule has 0 aliphatic carbocycles. The molecule has 6 nitrogen and oxygen atoms in total. The lowest BCUT2D eigenvalue weighted by Crippen LogP contribution is -2.30. The quantitative estimate of drug-likeness (QED) is 0.270. The molecule has 0 aliphatic rings. The minimum atomic E-state index is -1.24. The maximum Gasteiger partial charge on any atom is 0.161 e. The monoisotopic (exact) mass is 450 g/mol. The molecule has 1 aromatic heterocycles. The predicted molar refractivity (Wildman–Crippen MR) is 138 cm³/mol. The second-order valence-electron chi connectivity index (χ2n) is 9.63. The van der Waals surface area contributed by atoms with Crippen molar-refractivity contribution in [2.75, 3.05) is 5.73 Å². The Balaban J connectivity index is 3.40. The van der Waals surface area contributed by atoms with Crippen LogP contribution in [0.4, 0.5) is 5.82 Å². The molecule has 4 N–H and O–H groups in total. The average molecular weight is 451 g/mol. The molecule has 1 rings (SSSR count). The second kappa shape index (κ2) is 10.9. The number of nitrogen functional groups attached to an aromatic ring is 1. The fourth-order valence-corrected chi connectivity index (χ4v) is 3.56. The number of nitrogens with two attached hydrogens (primary N) is 2. The van der Waals surface area contributed by atoms with E-state index in [1.54, 1.807) is 45.3 Å². The number of allylic oxidation sites excluding steroid dienone is 8. The average Bonchev–Trinajstić information content (AvgIpc) is 2.69. The first kappa shape index (κ1) is 27.6. The van der Waals surface area contributed by atoms with Crippen LogP contribution in [0.15, 0.2) is 66.8 Å². The van der Waals surface area contributed by atoms with Crippen LogP contribution in [0, 0.1) is 12.3 Å². The van der Waals surface area contributed by atoms with E-state index < -0.39 is 5.41 Å². The van der Waals surface area contributed by atoms with Crippen molar-refractivity contribution < 1.29 is 9.53 Å². The highest BCUT2D eigenvalue weighted by Gasteiger charge is 2.36. The number of hydrogen-bond donors (Lipinski definition) is 2. The lowest BCUT2D eigenvalue weighted by molar-refractivity contribution is -0.111. The van der Waals surface area contributed by atoms with Crippen molar-refractivity contribution in [3.05, 3.63) is 83.9 Å². The molecule has 0 spiro atoms. The van der Waals surface area contributed by atoms with Crippen LogP contribution < -0.4 is 11.5 Å². The van der Waals surface area contributed by atoms with Crippen molar-refractivity contribution in [3.8, 4) is 0 Å². The lowest BCUT2D eigenvalue weighted by atomic mass is 9.81. The summed E-state index contributed by atoms with van der Waals surface area (Å²) in [6, 6.07) is 0. The number of carbonyl (C=O) groups excluding carboxylic acids is 1. The molecule has 1 unspecified atom stereocenters. The Bertz CT molecular complexity index is 1010. The number of anilines is 1. The highest BCUT2D eigenvalue weighted by molar-refractivity contribution is 5.80. The first-order valence-corrected chi connectivity index (χ1v) is 10.8. The van der Waals surface area contributed by atoms with Gasteiger partial charge in [0.25, 0.3) is 0 Å². The largest absolute Gasteiger partial charge is 0.469 e. The Labute approximate surface area is 198 Å². The van der Waals surface area contributed by atoms with E-state index in [4.69, 9.17) is 16.2 Å². The van der Waals surface area contributed by atoms with Gasteiger partial charge in [-0.25, -0.2) is 9.97 Å². The molecule has 0 aliphatic heterocycles. The highest BCUT2D eigenvalue weighted by atomic mass is 16.5. The Kier molecular flexibility index (Phi) is 9.16. The Morgan fingerprint density at radius 1 is 1.15 bits per heavy atom. The van der Waals surface area contributed by atoms with Gasteiger partial charge in [0.15, 0.2) is 5.82 Å². The van der Waals surface area contributed by atoms with Gasteiger partial charge in [-0.15, -0.1) is 0 Å². The topological polar surface area (TPSA) is 104 Å². The molecule has 0 amide bonds. The van der Waals surface area contributed by atoms with Gasteiger partial charge in [-0.3, -0.25) is 0 Å². The molecule has 6 heteroatoms. The van der Waals surface area contributed by atoms with Crippen LogP contribution in [0.25, 0.3) is 5.57 Å². The zero-order valence-corrected chi connectivity index (χ0v) is 21.1. The van der Waals surface area contributed by atoms with E-state index in [1.165, 1.54) is 0 Å². The molecule has 0 radical (unpaired) electrons. The summed E-state index contributed by atoms with van der Waals surface area (Å²) in [6.07, 6.45) is 8.40. The molecule has 1 atom stereocenters. The summed E-state index contributed by atoms with van der Waals surface area (Å²) in [7, 11) is 0. The first-order chi connectivity index (χ1) is 15.2. The standard InChI is InChI=1S/C27H38N4O2/c1-11-12-13-22(19(4)28)18(3)25-30-20(5)23(24(29)31-25)27(10,16-32)21(6)33-15-17(2)14-26(7,8)9/h11-13,15-16H,1,3,6,14,28H2,2,4-5,7-10H3,(H2,29,30,31)/b13-12-,17-15+,22-19-. The van der Waals surface area contributed by atoms with Gasteiger partial charge in [0.1, 0.15) is 23.3 Å². The number of carbonyl (C=O) groups is 1. The number of ether oxygens (including phenoxy) is 1. The third kappa shape index (κ3) is 7.04. The van der Waals surface area contributed by atoms with E-state index in [-0.39, 0.29) is 17.0 Å². The third-order valence-electron chi connectivity index (χ3n) is 5.08. The van der Waals surface area contributed by atoms with Crippen LogP contribution in [0.2, 0.25) is 0 Å². The Morgan fingerprint density at radius 2 is 1.76 bits per heavy atom. The number of aryl methyl sites for hydroxylation is 1. The van der Waals surface area contributed by atoms with E-state index in [1.807, 2.05) is 6.92 Å². The number of aromatic nitrogens is 2. The predicted octanol–water partition coefficient (Wildman–Crippen LogP) is 5.68. The maximum absolute atomic E-state index is 12.2. The van der Waals surface area contributed by atoms with Crippen LogP contribution in [0.5, 0.6) is 0 Å². The van der Waals surface area contributed by atoms with Crippen LogP contribution in [0.1, 0.15) is 65.0 Å². The smallest absolute Gasteiger partial charge is 0.161 e. The normalized spacial score (nSPS) is 14.9. The number of aldehydes is 1. The molecular formula is C27H38N4O2. The van der Waals surface area contributed by atoms with Crippen LogP contribution >= 0.6 is 0 Å². The molecule has 1 aromatic rings. The molecule has 33 heavy (non-hydrogen) atoms. The van der Waals surface area contributed by atoms with E-state index in [2.05, 4.69) is 50.5 Å². The molecule has 1 heterocycles. The first-order valence-electron chi connectivity index (χ1n) is 10.8. The maximum atomic E-state index is 12.2. The van der Waals surface area contributed by atoms with Crippen LogP contribution in [-0.4, -0.2) is 16.3 Å². The van der Waals surface area contributed by atoms with Crippen molar-refractivity contribution in [1.29, 1.82) is 0 Å². The van der Waals surface area contributed by atoms with Crippen molar-refractivity contribution in [2.45, 2.75) is 60.3 Å². The van der Waals surface area contributed by atoms with E-state index in [0.717, 1.165) is 18.3 Å². The van der Waals surface area contributed by atoms with Crippen molar-refractivity contribution in [2.24, 2.45) is 11.1 Å². The zero-order valence-electron chi connectivity index (χ0n) is 21.1. The summed E-state index contributed by atoms with van der Waals surface area (Å²) in [4.78, 5) is 21.3. The van der Waals surface area contributed by atoms with Gasteiger partial charge in [0, 0.05) is 28.1 Å². The summed E-state index contributed by atoms with van der Waals surface area (Å²) in [5.74, 6) is 0.709. The highest BCUT2D eigenvalue weighted by Crippen LogP contribution is 2.36. The SMILES string of the molecule is C=C/C=C\C(C(=C)c1nc(C)c(C(C)(C=O)C(=C)O/C=C(\C)CC(C)(C)C)c(N)n1)=C(/C)N.